The molecular formula is C19H29ClN2O2. The van der Waals surface area contributed by atoms with Gasteiger partial charge in [-0.25, -0.2) is 0 Å². The Bertz CT molecular complexity index is 533. The van der Waals surface area contributed by atoms with Crippen molar-refractivity contribution in [2.24, 2.45) is 0 Å². The van der Waals surface area contributed by atoms with E-state index in [-0.39, 0.29) is 18.3 Å². The first-order chi connectivity index (χ1) is 11.1. The van der Waals surface area contributed by atoms with E-state index in [4.69, 9.17) is 4.74 Å². The first-order valence-electron chi connectivity index (χ1n) is 8.88. The van der Waals surface area contributed by atoms with Gasteiger partial charge in [0, 0.05) is 25.2 Å². The lowest BCUT2D eigenvalue weighted by Crippen LogP contribution is -2.39. The molecule has 0 saturated carbocycles. The largest absolute Gasteiger partial charge is 0.493 e. The van der Waals surface area contributed by atoms with Gasteiger partial charge in [-0.05, 0) is 42.9 Å². The number of likely N-dealkylation sites (tertiary alicyclic amines) is 1. The van der Waals surface area contributed by atoms with Gasteiger partial charge in [0.25, 0.3) is 0 Å². The highest BCUT2D eigenvalue weighted by Crippen LogP contribution is 2.21. The zero-order valence-electron chi connectivity index (χ0n) is 14.7. The van der Waals surface area contributed by atoms with Crippen molar-refractivity contribution in [3.63, 3.8) is 0 Å². The number of hydrogen-bond donors (Lipinski definition) is 1. The van der Waals surface area contributed by atoms with Crippen LogP contribution in [-0.2, 0) is 4.79 Å². The summed E-state index contributed by atoms with van der Waals surface area (Å²) in [5.41, 5.74) is 1.31. The summed E-state index contributed by atoms with van der Waals surface area (Å²) >= 11 is 0. The van der Waals surface area contributed by atoms with E-state index in [1.54, 1.807) is 0 Å². The number of fused-ring (bicyclic) bond motifs is 2. The molecule has 0 aromatic heterocycles. The quantitative estimate of drug-likeness (QED) is 0.883. The summed E-state index contributed by atoms with van der Waals surface area (Å²) < 4.78 is 5.73. The van der Waals surface area contributed by atoms with Crippen LogP contribution in [0.5, 0.6) is 5.75 Å². The number of hydrogen-bond acceptors (Lipinski definition) is 3. The van der Waals surface area contributed by atoms with Crippen molar-refractivity contribution in [3.05, 3.63) is 29.8 Å². The molecule has 2 unspecified atom stereocenters. The van der Waals surface area contributed by atoms with Gasteiger partial charge in [-0.3, -0.25) is 4.79 Å². The Morgan fingerprint density at radius 3 is 2.62 bits per heavy atom. The lowest BCUT2D eigenvalue weighted by Gasteiger charge is -2.24. The Balaban J connectivity index is 0.00000208. The molecule has 5 heteroatoms. The monoisotopic (exact) mass is 352 g/mol. The van der Waals surface area contributed by atoms with Crippen molar-refractivity contribution in [1.29, 1.82) is 0 Å². The summed E-state index contributed by atoms with van der Waals surface area (Å²) in [7, 11) is 0. The maximum absolute atomic E-state index is 12.4. The second-order valence-electron chi connectivity index (χ2n) is 7.09. The SMILES string of the molecule is CC(C)c1ccc(OCCC(=O)N2CCC3CCC(C2)N3)cc1.Cl. The number of rotatable bonds is 5. The van der Waals surface area contributed by atoms with Crippen LogP contribution in [0.4, 0.5) is 0 Å². The van der Waals surface area contributed by atoms with Crippen molar-refractivity contribution < 1.29 is 9.53 Å². The minimum atomic E-state index is 0. The Morgan fingerprint density at radius 1 is 1.21 bits per heavy atom. The number of halogens is 1. The molecule has 2 fully saturated rings. The topological polar surface area (TPSA) is 41.6 Å². The Labute approximate surface area is 151 Å². The fraction of sp³-hybridized carbons (Fsp3) is 0.632. The lowest BCUT2D eigenvalue weighted by atomic mass is 10.0. The molecule has 0 aliphatic carbocycles. The predicted molar refractivity (Wildman–Crippen MR) is 99.0 cm³/mol. The first-order valence-corrected chi connectivity index (χ1v) is 8.88. The van der Waals surface area contributed by atoms with Crippen molar-refractivity contribution in [3.8, 4) is 5.75 Å². The molecule has 3 rings (SSSR count). The molecule has 2 aliphatic rings. The van der Waals surface area contributed by atoms with Crippen LogP contribution < -0.4 is 10.1 Å². The molecule has 1 aromatic rings. The van der Waals surface area contributed by atoms with Crippen molar-refractivity contribution >= 4 is 18.3 Å². The van der Waals surface area contributed by atoms with E-state index in [2.05, 4.69) is 31.3 Å². The van der Waals surface area contributed by atoms with Gasteiger partial charge in [0.1, 0.15) is 5.75 Å². The second-order valence-corrected chi connectivity index (χ2v) is 7.09. The van der Waals surface area contributed by atoms with Gasteiger partial charge >= 0.3 is 0 Å². The number of carbonyl (C=O) groups is 1. The fourth-order valence-electron chi connectivity index (χ4n) is 3.53. The summed E-state index contributed by atoms with van der Waals surface area (Å²) in [6.45, 7) is 6.56. The normalized spacial score (nSPS) is 22.9. The van der Waals surface area contributed by atoms with E-state index in [0.717, 1.165) is 25.3 Å². The zero-order chi connectivity index (χ0) is 16.2. The minimum absolute atomic E-state index is 0. The molecule has 2 heterocycles. The molecule has 0 spiro atoms. The summed E-state index contributed by atoms with van der Waals surface area (Å²) in [4.78, 5) is 14.4. The Hall–Kier alpha value is -1.26. The minimum Gasteiger partial charge on any atom is -0.493 e. The summed E-state index contributed by atoms with van der Waals surface area (Å²) in [6, 6.07) is 9.30. The molecule has 1 amide bonds. The summed E-state index contributed by atoms with van der Waals surface area (Å²) in [6.07, 6.45) is 4.01. The maximum atomic E-state index is 12.4. The van der Waals surface area contributed by atoms with Crippen LogP contribution >= 0.6 is 12.4 Å². The van der Waals surface area contributed by atoms with E-state index < -0.39 is 0 Å². The van der Waals surface area contributed by atoms with Crippen LogP contribution in [0.3, 0.4) is 0 Å². The van der Waals surface area contributed by atoms with Crippen molar-refractivity contribution in [1.82, 2.24) is 10.2 Å². The average molecular weight is 353 g/mol. The predicted octanol–water partition coefficient (Wildman–Crippen LogP) is 3.35. The van der Waals surface area contributed by atoms with E-state index in [9.17, 15) is 4.79 Å². The summed E-state index contributed by atoms with van der Waals surface area (Å²) in [5.74, 6) is 1.59. The van der Waals surface area contributed by atoms with Gasteiger partial charge in [-0.2, -0.15) is 0 Å². The molecule has 2 saturated heterocycles. The van der Waals surface area contributed by atoms with E-state index in [0.29, 0.717) is 31.0 Å². The van der Waals surface area contributed by atoms with Crippen LogP contribution in [0, 0.1) is 0 Å². The number of amides is 1. The molecule has 2 aliphatic heterocycles. The highest BCUT2D eigenvalue weighted by molar-refractivity contribution is 5.85. The lowest BCUT2D eigenvalue weighted by molar-refractivity contribution is -0.131. The molecule has 134 valence electrons. The Kier molecular flexibility index (Phi) is 6.93. The Morgan fingerprint density at radius 2 is 1.92 bits per heavy atom. The number of ether oxygens (including phenoxy) is 1. The zero-order valence-corrected chi connectivity index (χ0v) is 15.5. The van der Waals surface area contributed by atoms with Crippen LogP contribution in [0.15, 0.2) is 24.3 Å². The fourth-order valence-corrected chi connectivity index (χ4v) is 3.53. The number of benzene rings is 1. The highest BCUT2D eigenvalue weighted by atomic mass is 35.5. The van der Waals surface area contributed by atoms with Crippen LogP contribution in [-0.4, -0.2) is 42.6 Å². The van der Waals surface area contributed by atoms with Gasteiger partial charge < -0.3 is 15.0 Å². The highest BCUT2D eigenvalue weighted by Gasteiger charge is 2.30. The van der Waals surface area contributed by atoms with Gasteiger partial charge in [-0.15, -0.1) is 12.4 Å². The maximum Gasteiger partial charge on any atom is 0.226 e. The van der Waals surface area contributed by atoms with Crippen LogP contribution in [0.2, 0.25) is 0 Å². The van der Waals surface area contributed by atoms with Gasteiger partial charge in [-0.1, -0.05) is 26.0 Å². The van der Waals surface area contributed by atoms with E-state index in [1.807, 2.05) is 17.0 Å². The van der Waals surface area contributed by atoms with Crippen LogP contribution in [0.25, 0.3) is 0 Å². The standard InChI is InChI=1S/C19H28N2O2.ClH/c1-14(2)15-3-7-18(8-4-15)23-12-10-19(22)21-11-9-16-5-6-17(13-21)20-16;/h3-4,7-8,14,16-17,20H,5-6,9-13H2,1-2H3;1H. The van der Waals surface area contributed by atoms with E-state index in [1.165, 1.54) is 18.4 Å². The van der Waals surface area contributed by atoms with Crippen LogP contribution in [0.1, 0.15) is 51.0 Å². The molecular weight excluding hydrogens is 324 g/mol. The second kappa shape index (κ2) is 8.72. The number of carbonyl (C=O) groups excluding carboxylic acids is 1. The third-order valence-corrected chi connectivity index (χ3v) is 5.01. The smallest absolute Gasteiger partial charge is 0.226 e. The molecule has 2 atom stereocenters. The van der Waals surface area contributed by atoms with Gasteiger partial charge in [0.2, 0.25) is 5.91 Å². The first kappa shape index (κ1) is 19.1. The van der Waals surface area contributed by atoms with Gasteiger partial charge in [0.05, 0.1) is 13.0 Å². The molecule has 1 aromatic carbocycles. The van der Waals surface area contributed by atoms with Crippen molar-refractivity contribution in [2.75, 3.05) is 19.7 Å². The van der Waals surface area contributed by atoms with Crippen molar-refractivity contribution in [2.45, 2.75) is 57.5 Å². The average Bonchev–Trinajstić information content (AvgIpc) is 2.86. The molecule has 2 bridgehead atoms. The molecule has 24 heavy (non-hydrogen) atoms. The molecule has 1 N–H and O–H groups in total. The van der Waals surface area contributed by atoms with E-state index >= 15 is 0 Å². The molecule has 0 radical (unpaired) electrons. The molecule has 4 nitrogen and oxygen atoms in total. The third-order valence-electron chi connectivity index (χ3n) is 5.01. The number of nitrogens with one attached hydrogen (secondary N) is 1. The van der Waals surface area contributed by atoms with Gasteiger partial charge in [0.15, 0.2) is 0 Å². The third kappa shape index (κ3) is 4.87. The number of nitrogens with zero attached hydrogens (tertiary/aromatic N) is 1. The summed E-state index contributed by atoms with van der Waals surface area (Å²) in [5, 5.41) is 3.61.